The molecule has 1 aromatic rings. The predicted octanol–water partition coefficient (Wildman–Crippen LogP) is 2.99. The van der Waals surface area contributed by atoms with Crippen LogP contribution in [0, 0.1) is 5.82 Å². The van der Waals surface area contributed by atoms with Gasteiger partial charge in [0.05, 0.1) is 12.0 Å². The molecule has 0 bridgehead atoms. The van der Waals surface area contributed by atoms with Crippen LogP contribution in [0.2, 0.25) is 0 Å². The highest BCUT2D eigenvalue weighted by Gasteiger charge is 2.42. The van der Waals surface area contributed by atoms with Crippen molar-refractivity contribution in [3.8, 4) is 0 Å². The minimum Gasteiger partial charge on any atom is -0.395 e. The molecule has 0 unspecified atom stereocenters. The lowest BCUT2D eigenvalue weighted by molar-refractivity contribution is -0.126. The lowest BCUT2D eigenvalue weighted by Crippen LogP contribution is -2.43. The van der Waals surface area contributed by atoms with Crippen molar-refractivity contribution in [3.05, 3.63) is 35.6 Å². The topological polar surface area (TPSA) is 52.6 Å². The molecule has 2 aliphatic rings. The number of nitrogens with zero attached hydrogens (tertiary/aromatic N) is 1. The molecule has 0 radical (unpaired) electrons. The molecule has 2 fully saturated rings. The van der Waals surface area contributed by atoms with E-state index < -0.39 is 5.41 Å². The first-order valence-corrected chi connectivity index (χ1v) is 10.0. The Labute approximate surface area is 155 Å². The third-order valence-corrected chi connectivity index (χ3v) is 6.14. The molecule has 1 saturated carbocycles. The number of carbonyl (C=O) groups is 1. The fourth-order valence-corrected chi connectivity index (χ4v) is 4.62. The summed E-state index contributed by atoms with van der Waals surface area (Å²) in [5, 5.41) is 12.5. The average Bonchev–Trinajstić information content (AvgIpc) is 3.31. The number of likely N-dealkylation sites (tertiary alicyclic amines) is 1. The average molecular weight is 362 g/mol. The van der Waals surface area contributed by atoms with Crippen LogP contribution in [0.15, 0.2) is 24.3 Å². The van der Waals surface area contributed by atoms with E-state index in [9.17, 15) is 14.3 Å². The number of rotatable bonds is 8. The molecular formula is C21H31FN2O2. The zero-order valence-electron chi connectivity index (χ0n) is 15.6. The van der Waals surface area contributed by atoms with Crippen LogP contribution >= 0.6 is 0 Å². The molecule has 2 N–H and O–H groups in total. The summed E-state index contributed by atoms with van der Waals surface area (Å²) in [6, 6.07) is 6.86. The van der Waals surface area contributed by atoms with Crippen molar-refractivity contribution >= 4 is 5.91 Å². The Hall–Kier alpha value is -1.46. The summed E-state index contributed by atoms with van der Waals surface area (Å²) in [5.74, 6) is -0.222. The molecule has 1 aromatic carbocycles. The van der Waals surface area contributed by atoms with Gasteiger partial charge in [0.15, 0.2) is 0 Å². The molecule has 1 amide bonds. The van der Waals surface area contributed by atoms with E-state index in [4.69, 9.17) is 0 Å². The molecule has 1 aliphatic carbocycles. The van der Waals surface area contributed by atoms with Crippen LogP contribution < -0.4 is 5.32 Å². The fourth-order valence-electron chi connectivity index (χ4n) is 4.62. The number of hydrogen-bond donors (Lipinski definition) is 2. The van der Waals surface area contributed by atoms with Gasteiger partial charge < -0.3 is 10.4 Å². The second-order valence-corrected chi connectivity index (χ2v) is 7.78. The summed E-state index contributed by atoms with van der Waals surface area (Å²) in [5.41, 5.74) is 0.259. The number of benzene rings is 1. The standard InChI is InChI=1S/C21H31FN2O2/c22-18-8-5-7-17(15-18)21(10-1-2-11-21)20(26)23-12-3-4-13-24-14-6-9-19(24)16-25/h5,7-8,15,19,25H,1-4,6,9-14,16H2,(H,23,26)/t19-/m0/s1. The van der Waals surface area contributed by atoms with Crippen LogP contribution in [0.4, 0.5) is 4.39 Å². The molecular weight excluding hydrogens is 331 g/mol. The maximum absolute atomic E-state index is 13.7. The number of nitrogens with one attached hydrogen (secondary N) is 1. The van der Waals surface area contributed by atoms with E-state index in [1.165, 1.54) is 12.1 Å². The van der Waals surface area contributed by atoms with Crippen LogP contribution in [0.1, 0.15) is 56.9 Å². The Kier molecular flexibility index (Phi) is 6.65. The van der Waals surface area contributed by atoms with Crippen molar-refractivity contribution in [3.63, 3.8) is 0 Å². The second-order valence-electron chi connectivity index (χ2n) is 7.78. The summed E-state index contributed by atoms with van der Waals surface area (Å²) < 4.78 is 13.7. The van der Waals surface area contributed by atoms with E-state index in [1.54, 1.807) is 6.07 Å². The van der Waals surface area contributed by atoms with Crippen molar-refractivity contribution in [1.29, 1.82) is 0 Å². The zero-order chi connectivity index (χ0) is 18.4. The summed E-state index contributed by atoms with van der Waals surface area (Å²) >= 11 is 0. The van der Waals surface area contributed by atoms with Gasteiger partial charge in [-0.05, 0) is 69.3 Å². The van der Waals surface area contributed by atoms with Crippen molar-refractivity contribution < 1.29 is 14.3 Å². The lowest BCUT2D eigenvalue weighted by atomic mass is 9.78. The number of hydrogen-bond acceptors (Lipinski definition) is 3. The SMILES string of the molecule is O=C(NCCCCN1CCC[C@H]1CO)C1(c2cccc(F)c2)CCCC1. The largest absolute Gasteiger partial charge is 0.395 e. The van der Waals surface area contributed by atoms with Gasteiger partial charge in [0.2, 0.25) is 5.91 Å². The molecule has 0 spiro atoms. The third kappa shape index (κ3) is 4.26. The molecule has 1 aliphatic heterocycles. The maximum Gasteiger partial charge on any atom is 0.230 e. The molecule has 0 aromatic heterocycles. The maximum atomic E-state index is 13.7. The van der Waals surface area contributed by atoms with Crippen LogP contribution in [-0.4, -0.2) is 48.2 Å². The molecule has 3 rings (SSSR count). The molecule has 1 saturated heterocycles. The van der Waals surface area contributed by atoms with Gasteiger partial charge in [-0.25, -0.2) is 4.39 Å². The van der Waals surface area contributed by atoms with Crippen LogP contribution in [0.5, 0.6) is 0 Å². The molecule has 1 heterocycles. The Morgan fingerprint density at radius 2 is 2.08 bits per heavy atom. The van der Waals surface area contributed by atoms with Gasteiger partial charge in [0.25, 0.3) is 0 Å². The third-order valence-electron chi connectivity index (χ3n) is 6.14. The highest BCUT2D eigenvalue weighted by Crippen LogP contribution is 2.41. The number of aliphatic hydroxyl groups excluding tert-OH is 1. The number of carbonyl (C=O) groups excluding carboxylic acids is 1. The van der Waals surface area contributed by atoms with E-state index >= 15 is 0 Å². The van der Waals surface area contributed by atoms with E-state index in [1.807, 2.05) is 6.07 Å². The van der Waals surface area contributed by atoms with Gasteiger partial charge in [0.1, 0.15) is 5.82 Å². The van der Waals surface area contributed by atoms with Gasteiger partial charge in [-0.2, -0.15) is 0 Å². The summed E-state index contributed by atoms with van der Waals surface area (Å²) in [6.07, 6.45) is 7.83. The first-order valence-electron chi connectivity index (χ1n) is 10.0. The summed E-state index contributed by atoms with van der Waals surface area (Å²) in [4.78, 5) is 15.3. The van der Waals surface area contributed by atoms with Gasteiger partial charge in [-0.3, -0.25) is 9.69 Å². The highest BCUT2D eigenvalue weighted by atomic mass is 19.1. The molecule has 5 heteroatoms. The van der Waals surface area contributed by atoms with Crippen LogP contribution in [-0.2, 0) is 10.2 Å². The van der Waals surface area contributed by atoms with Crippen molar-refractivity contribution in [2.45, 2.75) is 62.8 Å². The van der Waals surface area contributed by atoms with Gasteiger partial charge in [0, 0.05) is 12.6 Å². The number of aliphatic hydroxyl groups is 1. The van der Waals surface area contributed by atoms with Crippen molar-refractivity contribution in [1.82, 2.24) is 10.2 Å². The minimum atomic E-state index is -0.557. The smallest absolute Gasteiger partial charge is 0.230 e. The first-order chi connectivity index (χ1) is 12.7. The van der Waals surface area contributed by atoms with E-state index in [0.717, 1.165) is 70.0 Å². The first kappa shape index (κ1) is 19.3. The molecule has 4 nitrogen and oxygen atoms in total. The zero-order valence-corrected chi connectivity index (χ0v) is 15.6. The normalized spacial score (nSPS) is 22.6. The Morgan fingerprint density at radius 3 is 2.81 bits per heavy atom. The van der Waals surface area contributed by atoms with Gasteiger partial charge >= 0.3 is 0 Å². The quantitative estimate of drug-likeness (QED) is 0.699. The summed E-state index contributed by atoms with van der Waals surface area (Å²) in [6.45, 7) is 2.96. The summed E-state index contributed by atoms with van der Waals surface area (Å²) in [7, 11) is 0. The molecule has 144 valence electrons. The van der Waals surface area contributed by atoms with Crippen LogP contribution in [0.25, 0.3) is 0 Å². The number of halogens is 1. The Morgan fingerprint density at radius 1 is 1.27 bits per heavy atom. The fraction of sp³-hybridized carbons (Fsp3) is 0.667. The number of unbranched alkanes of at least 4 members (excludes halogenated alkanes) is 1. The second kappa shape index (κ2) is 8.96. The Balaban J connectivity index is 1.48. The predicted molar refractivity (Wildman–Crippen MR) is 100 cm³/mol. The Bertz CT molecular complexity index is 601. The monoisotopic (exact) mass is 362 g/mol. The minimum absolute atomic E-state index is 0.0509. The van der Waals surface area contributed by atoms with Crippen LogP contribution in [0.3, 0.4) is 0 Å². The van der Waals surface area contributed by atoms with E-state index in [0.29, 0.717) is 12.6 Å². The van der Waals surface area contributed by atoms with E-state index in [2.05, 4.69) is 10.2 Å². The van der Waals surface area contributed by atoms with Crippen molar-refractivity contribution in [2.75, 3.05) is 26.2 Å². The number of amides is 1. The lowest BCUT2D eigenvalue weighted by Gasteiger charge is -2.28. The van der Waals surface area contributed by atoms with E-state index in [-0.39, 0.29) is 18.3 Å². The van der Waals surface area contributed by atoms with Gasteiger partial charge in [-0.15, -0.1) is 0 Å². The highest BCUT2D eigenvalue weighted by molar-refractivity contribution is 5.88. The van der Waals surface area contributed by atoms with Crippen molar-refractivity contribution in [2.24, 2.45) is 0 Å². The van der Waals surface area contributed by atoms with Gasteiger partial charge in [-0.1, -0.05) is 25.0 Å². The molecule has 26 heavy (non-hydrogen) atoms. The molecule has 1 atom stereocenters.